The Bertz CT molecular complexity index is 590. The Labute approximate surface area is 126 Å². The number of rotatable bonds is 3. The molecule has 0 radical (unpaired) electrons. The molecule has 5 heteroatoms. The third kappa shape index (κ3) is 3.35. The van der Waals surface area contributed by atoms with E-state index in [0.29, 0.717) is 0 Å². The van der Waals surface area contributed by atoms with E-state index >= 15 is 0 Å². The number of hydrogen-bond acceptors (Lipinski definition) is 4. The molecule has 3 rings (SSSR count). The second-order valence-electron chi connectivity index (χ2n) is 6.97. The maximum absolute atomic E-state index is 4.56. The zero-order valence-corrected chi connectivity index (χ0v) is 13.2. The average Bonchev–Trinajstić information content (AvgIpc) is 2.93. The molecule has 1 saturated heterocycles. The van der Waals surface area contributed by atoms with Gasteiger partial charge in [-0.15, -0.1) is 0 Å². The third-order valence-electron chi connectivity index (χ3n) is 4.14. The fraction of sp³-hybridized carbons (Fsp3) is 0.625. The molecule has 1 N–H and O–H groups in total. The van der Waals surface area contributed by atoms with Crippen molar-refractivity contribution in [3.63, 3.8) is 0 Å². The summed E-state index contributed by atoms with van der Waals surface area (Å²) in [5.41, 5.74) is 1.31. The van der Waals surface area contributed by atoms with Gasteiger partial charge in [0, 0.05) is 31.0 Å². The Kier molecular flexibility index (Phi) is 3.85. The Morgan fingerprint density at radius 3 is 2.71 bits per heavy atom. The second kappa shape index (κ2) is 5.64. The summed E-state index contributed by atoms with van der Waals surface area (Å²) in [6.45, 7) is 9.95. The van der Waals surface area contributed by atoms with E-state index in [1.165, 1.54) is 12.8 Å². The first-order chi connectivity index (χ1) is 10.0. The summed E-state index contributed by atoms with van der Waals surface area (Å²) in [5, 5.41) is 7.91. The largest absolute Gasteiger partial charge is 0.355 e. The van der Waals surface area contributed by atoms with Gasteiger partial charge in [0.2, 0.25) is 0 Å². The quantitative estimate of drug-likeness (QED) is 0.941. The molecule has 0 atom stereocenters. The molecule has 2 aromatic rings. The molecule has 0 aromatic carbocycles. The van der Waals surface area contributed by atoms with Gasteiger partial charge in [0.25, 0.3) is 0 Å². The molecule has 5 nitrogen and oxygen atoms in total. The Morgan fingerprint density at radius 2 is 2.00 bits per heavy atom. The van der Waals surface area contributed by atoms with E-state index in [0.717, 1.165) is 36.9 Å². The Hall–Kier alpha value is -1.62. The van der Waals surface area contributed by atoms with Gasteiger partial charge in [0.1, 0.15) is 5.52 Å². The van der Waals surface area contributed by atoms with Gasteiger partial charge in [-0.25, -0.2) is 9.50 Å². The van der Waals surface area contributed by atoms with Crippen LogP contribution in [-0.4, -0.2) is 39.8 Å². The fourth-order valence-corrected chi connectivity index (χ4v) is 2.89. The predicted molar refractivity (Wildman–Crippen MR) is 85.7 cm³/mol. The van der Waals surface area contributed by atoms with Crippen LogP contribution in [0.5, 0.6) is 0 Å². The molecular formula is C16H25N5. The number of fused-ring (bicyclic) bond motifs is 1. The van der Waals surface area contributed by atoms with Gasteiger partial charge in [0.15, 0.2) is 5.82 Å². The van der Waals surface area contributed by atoms with Crippen LogP contribution in [0.1, 0.15) is 33.6 Å². The summed E-state index contributed by atoms with van der Waals surface area (Å²) >= 11 is 0. The van der Waals surface area contributed by atoms with E-state index in [-0.39, 0.29) is 5.54 Å². The minimum atomic E-state index is 0.210. The first kappa shape index (κ1) is 14.3. The van der Waals surface area contributed by atoms with Crippen LogP contribution in [0.4, 0.5) is 5.82 Å². The molecule has 1 aliphatic rings. The van der Waals surface area contributed by atoms with Gasteiger partial charge in [0.05, 0.1) is 6.20 Å². The van der Waals surface area contributed by atoms with E-state index in [1.807, 2.05) is 29.2 Å². The van der Waals surface area contributed by atoms with Crippen LogP contribution in [0.25, 0.3) is 5.52 Å². The molecule has 1 aliphatic heterocycles. The molecule has 0 saturated carbocycles. The summed E-state index contributed by atoms with van der Waals surface area (Å²) in [4.78, 5) is 6.96. The van der Waals surface area contributed by atoms with E-state index < -0.39 is 0 Å². The highest BCUT2D eigenvalue weighted by Crippen LogP contribution is 2.24. The molecule has 114 valence electrons. The van der Waals surface area contributed by atoms with E-state index in [4.69, 9.17) is 0 Å². The van der Waals surface area contributed by atoms with Crippen molar-refractivity contribution in [2.75, 3.05) is 24.5 Å². The van der Waals surface area contributed by atoms with Crippen molar-refractivity contribution in [3.8, 4) is 0 Å². The molecule has 21 heavy (non-hydrogen) atoms. The highest BCUT2D eigenvalue weighted by molar-refractivity contribution is 5.68. The van der Waals surface area contributed by atoms with Crippen LogP contribution in [0.15, 0.2) is 24.7 Å². The lowest BCUT2D eigenvalue weighted by molar-refractivity contribution is 0.328. The fourth-order valence-electron chi connectivity index (χ4n) is 2.89. The molecule has 0 bridgehead atoms. The SMILES string of the molecule is CC(C)(C)NCC1CCN(c2nccn3nccc23)CC1. The lowest BCUT2D eigenvalue weighted by atomic mass is 9.95. The molecular weight excluding hydrogens is 262 g/mol. The van der Waals surface area contributed by atoms with Crippen LogP contribution in [0.3, 0.4) is 0 Å². The first-order valence-electron chi connectivity index (χ1n) is 7.81. The van der Waals surface area contributed by atoms with Crippen LogP contribution in [-0.2, 0) is 0 Å². The number of hydrogen-bond donors (Lipinski definition) is 1. The van der Waals surface area contributed by atoms with Crippen LogP contribution in [0.2, 0.25) is 0 Å². The second-order valence-corrected chi connectivity index (χ2v) is 6.97. The molecule has 0 unspecified atom stereocenters. The summed E-state index contributed by atoms with van der Waals surface area (Å²) < 4.78 is 1.90. The maximum Gasteiger partial charge on any atom is 0.154 e. The topological polar surface area (TPSA) is 45.5 Å². The number of nitrogens with one attached hydrogen (secondary N) is 1. The molecule has 1 fully saturated rings. The lowest BCUT2D eigenvalue weighted by Crippen LogP contribution is -2.43. The summed E-state index contributed by atoms with van der Waals surface area (Å²) in [6, 6.07) is 2.04. The van der Waals surface area contributed by atoms with Crippen molar-refractivity contribution < 1.29 is 0 Å². The van der Waals surface area contributed by atoms with Gasteiger partial charge >= 0.3 is 0 Å². The molecule has 3 heterocycles. The van der Waals surface area contributed by atoms with Crippen molar-refractivity contribution in [2.24, 2.45) is 5.92 Å². The van der Waals surface area contributed by atoms with Gasteiger partial charge in [-0.2, -0.15) is 5.10 Å². The van der Waals surface area contributed by atoms with Crippen molar-refractivity contribution in [1.82, 2.24) is 19.9 Å². The Morgan fingerprint density at radius 1 is 1.24 bits per heavy atom. The van der Waals surface area contributed by atoms with Crippen molar-refractivity contribution in [2.45, 2.75) is 39.2 Å². The van der Waals surface area contributed by atoms with E-state index in [1.54, 1.807) is 0 Å². The van der Waals surface area contributed by atoms with Crippen molar-refractivity contribution in [3.05, 3.63) is 24.7 Å². The highest BCUT2D eigenvalue weighted by atomic mass is 15.3. The van der Waals surface area contributed by atoms with Gasteiger partial charge < -0.3 is 10.2 Å². The third-order valence-corrected chi connectivity index (χ3v) is 4.14. The molecule has 0 aliphatic carbocycles. The summed E-state index contributed by atoms with van der Waals surface area (Å²) in [5.74, 6) is 1.84. The summed E-state index contributed by atoms with van der Waals surface area (Å²) in [6.07, 6.45) is 8.02. The smallest absolute Gasteiger partial charge is 0.154 e. The summed E-state index contributed by atoms with van der Waals surface area (Å²) in [7, 11) is 0. The zero-order valence-electron chi connectivity index (χ0n) is 13.2. The first-order valence-corrected chi connectivity index (χ1v) is 7.81. The standard InChI is InChI=1S/C16H25N5/c1-16(2,3)18-12-13-5-9-20(10-6-13)15-14-4-7-19-21(14)11-8-17-15/h4,7-8,11,13,18H,5-6,9-10,12H2,1-3H3. The highest BCUT2D eigenvalue weighted by Gasteiger charge is 2.22. The molecule has 0 spiro atoms. The van der Waals surface area contributed by atoms with Gasteiger partial charge in [-0.05, 0) is 52.1 Å². The van der Waals surface area contributed by atoms with E-state index in [9.17, 15) is 0 Å². The minimum absolute atomic E-state index is 0.210. The molecule has 0 amide bonds. The van der Waals surface area contributed by atoms with Crippen LogP contribution < -0.4 is 10.2 Å². The minimum Gasteiger partial charge on any atom is -0.355 e. The van der Waals surface area contributed by atoms with Crippen molar-refractivity contribution >= 4 is 11.3 Å². The monoisotopic (exact) mass is 287 g/mol. The number of aromatic nitrogens is 3. The van der Waals surface area contributed by atoms with Crippen molar-refractivity contribution in [1.29, 1.82) is 0 Å². The average molecular weight is 287 g/mol. The van der Waals surface area contributed by atoms with Gasteiger partial charge in [-0.1, -0.05) is 0 Å². The maximum atomic E-state index is 4.56. The van der Waals surface area contributed by atoms with Gasteiger partial charge in [-0.3, -0.25) is 0 Å². The number of nitrogens with zero attached hydrogens (tertiary/aromatic N) is 4. The predicted octanol–water partition coefficient (Wildman–Crippen LogP) is 2.33. The number of anilines is 1. The van der Waals surface area contributed by atoms with Crippen LogP contribution in [0, 0.1) is 5.92 Å². The Balaban J connectivity index is 1.62. The molecule has 2 aromatic heterocycles. The number of piperidine rings is 1. The lowest BCUT2D eigenvalue weighted by Gasteiger charge is -2.34. The normalized spacial score (nSPS) is 17.6. The van der Waals surface area contributed by atoms with E-state index in [2.05, 4.69) is 41.1 Å². The van der Waals surface area contributed by atoms with Crippen LogP contribution >= 0.6 is 0 Å². The zero-order chi connectivity index (χ0) is 14.9.